The lowest BCUT2D eigenvalue weighted by atomic mass is 10.0. The van der Waals surface area contributed by atoms with Crippen molar-refractivity contribution in [1.82, 2.24) is 4.98 Å². The molecule has 4 aromatic rings. The number of carbonyl (C=O) groups is 1. The van der Waals surface area contributed by atoms with Gasteiger partial charge in [0.05, 0.1) is 26.7 Å². The standard InChI is InChI=1S/C23H17Cl2N3O3S/c1-13-6-8-15(32(26,30)31)11-21(13)28-23(29)18-12-22(17-9-7-14(24)10-19(17)25)27-20-5-3-2-4-16(18)20/h2-12H,1H3,(H,28,29)(H2,26,30,31). The molecule has 162 valence electrons. The number of nitrogens with zero attached hydrogens (tertiary/aromatic N) is 1. The molecule has 0 spiro atoms. The monoisotopic (exact) mass is 485 g/mol. The van der Waals surface area contributed by atoms with Crippen LogP contribution in [0.3, 0.4) is 0 Å². The van der Waals surface area contributed by atoms with E-state index in [1.165, 1.54) is 12.1 Å². The number of anilines is 1. The molecule has 6 nitrogen and oxygen atoms in total. The number of rotatable bonds is 4. The van der Waals surface area contributed by atoms with E-state index in [4.69, 9.17) is 28.3 Å². The Labute approximate surface area is 195 Å². The van der Waals surface area contributed by atoms with Crippen LogP contribution in [0.5, 0.6) is 0 Å². The van der Waals surface area contributed by atoms with Crippen LogP contribution in [0.25, 0.3) is 22.2 Å². The highest BCUT2D eigenvalue weighted by Gasteiger charge is 2.17. The molecule has 32 heavy (non-hydrogen) atoms. The zero-order valence-corrected chi connectivity index (χ0v) is 19.1. The first-order valence-corrected chi connectivity index (χ1v) is 11.7. The summed E-state index contributed by atoms with van der Waals surface area (Å²) in [7, 11) is -3.91. The Morgan fingerprint density at radius 2 is 1.75 bits per heavy atom. The van der Waals surface area contributed by atoms with Crippen LogP contribution >= 0.6 is 23.2 Å². The smallest absolute Gasteiger partial charge is 0.256 e. The lowest BCUT2D eigenvalue weighted by molar-refractivity contribution is 0.102. The normalized spacial score (nSPS) is 11.5. The third-order valence-corrected chi connectivity index (χ3v) is 6.41. The average Bonchev–Trinajstić information content (AvgIpc) is 2.73. The minimum atomic E-state index is -3.91. The van der Waals surface area contributed by atoms with E-state index in [9.17, 15) is 13.2 Å². The fraction of sp³-hybridized carbons (Fsp3) is 0.0435. The first kappa shape index (κ1) is 22.2. The van der Waals surface area contributed by atoms with Crippen LogP contribution in [0.15, 0.2) is 71.6 Å². The molecular formula is C23H17Cl2N3O3S. The fourth-order valence-electron chi connectivity index (χ4n) is 3.30. The largest absolute Gasteiger partial charge is 0.322 e. The van der Waals surface area contributed by atoms with Crippen LogP contribution in [0.1, 0.15) is 15.9 Å². The maximum absolute atomic E-state index is 13.3. The summed E-state index contributed by atoms with van der Waals surface area (Å²) in [5.41, 5.74) is 3.13. The fourth-order valence-corrected chi connectivity index (χ4v) is 4.35. The van der Waals surface area contributed by atoms with Crippen molar-refractivity contribution in [3.8, 4) is 11.3 Å². The number of nitrogens with two attached hydrogens (primary N) is 1. The van der Waals surface area contributed by atoms with Gasteiger partial charge in [-0.05, 0) is 55.0 Å². The highest BCUT2D eigenvalue weighted by molar-refractivity contribution is 7.89. The van der Waals surface area contributed by atoms with Gasteiger partial charge in [-0.15, -0.1) is 0 Å². The number of pyridine rings is 1. The van der Waals surface area contributed by atoms with Gasteiger partial charge in [-0.25, -0.2) is 18.5 Å². The Morgan fingerprint density at radius 1 is 1.00 bits per heavy atom. The molecule has 4 rings (SSSR count). The second kappa shape index (κ2) is 8.52. The second-order valence-corrected chi connectivity index (χ2v) is 9.58. The maximum Gasteiger partial charge on any atom is 0.256 e. The molecule has 0 aliphatic carbocycles. The summed E-state index contributed by atoms with van der Waals surface area (Å²) in [6.45, 7) is 1.76. The van der Waals surface area contributed by atoms with Crippen LogP contribution in [0.4, 0.5) is 5.69 Å². The number of fused-ring (bicyclic) bond motifs is 1. The van der Waals surface area contributed by atoms with E-state index in [0.29, 0.717) is 49.0 Å². The van der Waals surface area contributed by atoms with Crippen LogP contribution in [-0.4, -0.2) is 19.3 Å². The van der Waals surface area contributed by atoms with Gasteiger partial charge in [0.1, 0.15) is 0 Å². The summed E-state index contributed by atoms with van der Waals surface area (Å²) in [4.78, 5) is 17.8. The van der Waals surface area contributed by atoms with Gasteiger partial charge in [0.25, 0.3) is 5.91 Å². The number of aromatic nitrogens is 1. The average molecular weight is 486 g/mol. The predicted molar refractivity (Wildman–Crippen MR) is 128 cm³/mol. The number of aryl methyl sites for hydroxylation is 1. The van der Waals surface area contributed by atoms with Gasteiger partial charge in [-0.1, -0.05) is 47.5 Å². The van der Waals surface area contributed by atoms with Gasteiger partial charge in [0.2, 0.25) is 10.0 Å². The van der Waals surface area contributed by atoms with Crippen molar-refractivity contribution in [2.24, 2.45) is 5.14 Å². The van der Waals surface area contributed by atoms with E-state index in [2.05, 4.69) is 10.3 Å². The Kier molecular flexibility index (Phi) is 5.92. The van der Waals surface area contributed by atoms with E-state index < -0.39 is 15.9 Å². The summed E-state index contributed by atoms with van der Waals surface area (Å²) >= 11 is 12.4. The minimum Gasteiger partial charge on any atom is -0.322 e. The number of carbonyl (C=O) groups excluding carboxylic acids is 1. The number of para-hydroxylation sites is 1. The van der Waals surface area contributed by atoms with Gasteiger partial charge in [0, 0.05) is 21.7 Å². The molecule has 9 heteroatoms. The molecule has 0 unspecified atom stereocenters. The summed E-state index contributed by atoms with van der Waals surface area (Å²) in [5.74, 6) is -0.426. The first-order chi connectivity index (χ1) is 15.1. The van der Waals surface area contributed by atoms with Gasteiger partial charge >= 0.3 is 0 Å². The Hall–Kier alpha value is -2.97. The molecule has 0 bridgehead atoms. The number of nitrogens with one attached hydrogen (secondary N) is 1. The Bertz CT molecular complexity index is 1490. The molecule has 1 aromatic heterocycles. The zero-order chi connectivity index (χ0) is 23.0. The molecule has 0 fully saturated rings. The molecule has 0 aliphatic heterocycles. The third kappa shape index (κ3) is 4.47. The van der Waals surface area contributed by atoms with E-state index in [-0.39, 0.29) is 4.90 Å². The molecule has 3 N–H and O–H groups in total. The molecule has 0 radical (unpaired) electrons. The molecule has 1 heterocycles. The lowest BCUT2D eigenvalue weighted by Gasteiger charge is -2.13. The van der Waals surface area contributed by atoms with Crippen LogP contribution in [0, 0.1) is 6.92 Å². The second-order valence-electron chi connectivity index (χ2n) is 7.17. The molecule has 0 saturated carbocycles. The number of amides is 1. The van der Waals surface area contributed by atoms with Crippen molar-refractivity contribution in [3.63, 3.8) is 0 Å². The van der Waals surface area contributed by atoms with Crippen LogP contribution in [-0.2, 0) is 10.0 Å². The van der Waals surface area contributed by atoms with Gasteiger partial charge in [-0.2, -0.15) is 0 Å². The topological polar surface area (TPSA) is 102 Å². The highest BCUT2D eigenvalue weighted by Crippen LogP contribution is 2.32. The minimum absolute atomic E-state index is 0.0911. The SMILES string of the molecule is Cc1ccc(S(N)(=O)=O)cc1NC(=O)c1cc(-c2ccc(Cl)cc2Cl)nc2ccccc12. The summed E-state index contributed by atoms with van der Waals surface area (Å²) in [6, 6.07) is 18.2. The van der Waals surface area contributed by atoms with Crippen LogP contribution < -0.4 is 10.5 Å². The number of benzene rings is 3. The van der Waals surface area contributed by atoms with Gasteiger partial charge in [0.15, 0.2) is 0 Å². The Morgan fingerprint density at radius 3 is 2.47 bits per heavy atom. The van der Waals surface area contributed by atoms with Crippen molar-refractivity contribution in [2.45, 2.75) is 11.8 Å². The molecule has 3 aromatic carbocycles. The van der Waals surface area contributed by atoms with Crippen molar-refractivity contribution in [2.75, 3.05) is 5.32 Å². The van der Waals surface area contributed by atoms with E-state index in [1.807, 2.05) is 12.1 Å². The molecule has 1 amide bonds. The van der Waals surface area contributed by atoms with Crippen molar-refractivity contribution >= 4 is 55.7 Å². The van der Waals surface area contributed by atoms with Gasteiger partial charge < -0.3 is 5.32 Å². The van der Waals surface area contributed by atoms with E-state index in [1.54, 1.807) is 49.4 Å². The lowest BCUT2D eigenvalue weighted by Crippen LogP contribution is -2.16. The third-order valence-electron chi connectivity index (χ3n) is 4.95. The number of halogens is 2. The quantitative estimate of drug-likeness (QED) is 0.402. The molecule has 0 saturated heterocycles. The van der Waals surface area contributed by atoms with Gasteiger partial charge in [-0.3, -0.25) is 4.79 Å². The van der Waals surface area contributed by atoms with E-state index in [0.717, 1.165) is 0 Å². The summed E-state index contributed by atoms with van der Waals surface area (Å²) in [5, 5.41) is 9.56. The van der Waals surface area contributed by atoms with Crippen molar-refractivity contribution in [3.05, 3.63) is 87.9 Å². The predicted octanol–water partition coefficient (Wildman–Crippen LogP) is 5.42. The van der Waals surface area contributed by atoms with Crippen molar-refractivity contribution in [1.29, 1.82) is 0 Å². The number of primary sulfonamides is 1. The Balaban J connectivity index is 1.83. The molecule has 0 aliphatic rings. The molecule has 0 atom stereocenters. The number of sulfonamides is 1. The number of hydrogen-bond acceptors (Lipinski definition) is 4. The summed E-state index contributed by atoms with van der Waals surface area (Å²) < 4.78 is 23.4. The highest BCUT2D eigenvalue weighted by atomic mass is 35.5. The first-order valence-electron chi connectivity index (χ1n) is 9.43. The number of hydrogen-bond donors (Lipinski definition) is 2. The van der Waals surface area contributed by atoms with Crippen LogP contribution in [0.2, 0.25) is 10.0 Å². The van der Waals surface area contributed by atoms with E-state index >= 15 is 0 Å². The van der Waals surface area contributed by atoms with Crippen molar-refractivity contribution < 1.29 is 13.2 Å². The summed E-state index contributed by atoms with van der Waals surface area (Å²) in [6.07, 6.45) is 0. The maximum atomic E-state index is 13.3. The zero-order valence-electron chi connectivity index (χ0n) is 16.8. The molecular weight excluding hydrogens is 469 g/mol.